The van der Waals surface area contributed by atoms with Gasteiger partial charge in [-0.25, -0.2) is 0 Å². The number of thiazole rings is 1. The summed E-state index contributed by atoms with van der Waals surface area (Å²) in [6.45, 7) is 10.1. The molecule has 18 heavy (non-hydrogen) atoms. The van der Waals surface area contributed by atoms with Crippen molar-refractivity contribution in [3.8, 4) is 0 Å². The second-order valence-electron chi connectivity index (χ2n) is 5.95. The lowest BCUT2D eigenvalue weighted by molar-refractivity contribution is 0.00578. The summed E-state index contributed by atoms with van der Waals surface area (Å²) in [7, 11) is 0. The average Bonchev–Trinajstić information content (AvgIpc) is 2.71. The van der Waals surface area contributed by atoms with E-state index in [-0.39, 0.29) is 6.10 Å². The lowest BCUT2D eigenvalue weighted by Gasteiger charge is -2.37. The highest BCUT2D eigenvalue weighted by atomic mass is 32.1. The van der Waals surface area contributed by atoms with Crippen LogP contribution >= 0.6 is 11.3 Å². The van der Waals surface area contributed by atoms with E-state index in [1.165, 1.54) is 11.3 Å². The van der Waals surface area contributed by atoms with Gasteiger partial charge < -0.3 is 14.0 Å². The maximum Gasteiger partial charge on any atom is 0.438 e. The number of nitrogens with zero attached hydrogens (tertiary/aromatic N) is 1. The SMILES string of the molecule is CC(C)O[B-]1(c2nccs2)OC(C)(C)C(C)(C)O1. The van der Waals surface area contributed by atoms with Gasteiger partial charge in [0.05, 0.1) is 0 Å². The van der Waals surface area contributed by atoms with Crippen molar-refractivity contribution in [3.63, 3.8) is 0 Å². The van der Waals surface area contributed by atoms with E-state index in [4.69, 9.17) is 14.0 Å². The highest BCUT2D eigenvalue weighted by Crippen LogP contribution is 2.42. The zero-order valence-electron chi connectivity index (χ0n) is 11.9. The predicted octanol–water partition coefficient (Wildman–Crippen LogP) is 2.32. The summed E-state index contributed by atoms with van der Waals surface area (Å²) in [6, 6.07) is 0. The van der Waals surface area contributed by atoms with Crippen LogP contribution in [0.4, 0.5) is 0 Å². The molecule has 0 spiro atoms. The van der Waals surface area contributed by atoms with Gasteiger partial charge in [-0.2, -0.15) is 11.3 Å². The maximum absolute atomic E-state index is 6.17. The second-order valence-corrected chi connectivity index (χ2v) is 6.88. The molecule has 4 nitrogen and oxygen atoms in total. The Labute approximate surface area is 113 Å². The smallest absolute Gasteiger partial charge is 0.438 e. The Kier molecular flexibility index (Phi) is 3.34. The summed E-state index contributed by atoms with van der Waals surface area (Å²) in [5, 5.41) is 1.91. The molecule has 1 aromatic rings. The van der Waals surface area contributed by atoms with Crippen LogP contribution < -0.4 is 4.91 Å². The van der Waals surface area contributed by atoms with Crippen molar-refractivity contribution >= 4 is 23.0 Å². The standard InChI is InChI=1S/C12H21BNO3S/c1-9(2)15-13(10-14-7-8-18-10)16-11(3,4)12(5,6)17-13/h7-9H,1-6H3/q-1. The van der Waals surface area contributed by atoms with Crippen molar-refractivity contribution in [3.05, 3.63) is 11.6 Å². The van der Waals surface area contributed by atoms with Gasteiger partial charge in [-0.3, -0.25) is 4.98 Å². The van der Waals surface area contributed by atoms with Gasteiger partial charge in [0.25, 0.3) is 0 Å². The molecule has 0 N–H and O–H groups in total. The molecule has 0 saturated carbocycles. The molecule has 102 valence electrons. The normalized spacial score (nSPS) is 24.6. The Hall–Kier alpha value is -0.425. The quantitative estimate of drug-likeness (QED) is 0.790. The molecule has 1 aliphatic heterocycles. The monoisotopic (exact) mass is 270 g/mol. The van der Waals surface area contributed by atoms with Gasteiger partial charge in [-0.05, 0) is 41.5 Å². The molecule has 0 aliphatic carbocycles. The first kappa shape index (κ1) is 14.0. The lowest BCUT2D eigenvalue weighted by atomic mass is 9.79. The number of hydrogen-bond acceptors (Lipinski definition) is 5. The minimum absolute atomic E-state index is 0.0126. The number of hydrogen-bond donors (Lipinski definition) is 0. The molecule has 1 fully saturated rings. The van der Waals surface area contributed by atoms with E-state index in [2.05, 4.69) is 4.98 Å². The maximum atomic E-state index is 6.17. The molecular formula is C12H21BNO3S-. The van der Waals surface area contributed by atoms with E-state index in [9.17, 15) is 0 Å². The average molecular weight is 270 g/mol. The molecule has 0 radical (unpaired) electrons. The van der Waals surface area contributed by atoms with Crippen LogP contribution in [0.2, 0.25) is 0 Å². The highest BCUT2D eigenvalue weighted by molar-refractivity contribution is 7.22. The highest BCUT2D eigenvalue weighted by Gasteiger charge is 2.55. The molecule has 0 aromatic carbocycles. The van der Waals surface area contributed by atoms with Crippen LogP contribution in [0.5, 0.6) is 0 Å². The van der Waals surface area contributed by atoms with Crippen molar-refractivity contribution in [1.29, 1.82) is 0 Å². The van der Waals surface area contributed by atoms with Gasteiger partial charge in [0.15, 0.2) is 0 Å². The van der Waals surface area contributed by atoms with E-state index < -0.39 is 18.0 Å². The van der Waals surface area contributed by atoms with E-state index >= 15 is 0 Å². The lowest BCUT2D eigenvalue weighted by Crippen LogP contribution is -2.55. The van der Waals surface area contributed by atoms with Gasteiger partial charge >= 0.3 is 6.75 Å². The van der Waals surface area contributed by atoms with Crippen molar-refractivity contribution < 1.29 is 14.0 Å². The van der Waals surface area contributed by atoms with Crippen LogP contribution in [-0.4, -0.2) is 29.0 Å². The summed E-state index contributed by atoms with van der Waals surface area (Å²) in [6.07, 6.45) is 1.76. The van der Waals surface area contributed by atoms with Crippen molar-refractivity contribution in [2.24, 2.45) is 0 Å². The van der Waals surface area contributed by atoms with Crippen LogP contribution in [0.1, 0.15) is 41.5 Å². The van der Waals surface area contributed by atoms with Crippen LogP contribution in [0.3, 0.4) is 0 Å². The Morgan fingerprint density at radius 3 is 2.17 bits per heavy atom. The molecule has 1 saturated heterocycles. The second kappa shape index (κ2) is 4.30. The fourth-order valence-electron chi connectivity index (χ4n) is 2.07. The zero-order chi connectivity index (χ0) is 13.6. The fourth-order valence-corrected chi connectivity index (χ4v) is 2.77. The first-order chi connectivity index (χ1) is 8.19. The third kappa shape index (κ3) is 2.22. The van der Waals surface area contributed by atoms with Crippen LogP contribution in [0.15, 0.2) is 11.6 Å². The minimum Gasteiger partial charge on any atom is -0.537 e. The van der Waals surface area contributed by atoms with Crippen LogP contribution in [0, 0.1) is 0 Å². The third-order valence-corrected chi connectivity index (χ3v) is 4.45. The number of aromatic nitrogens is 1. The van der Waals surface area contributed by atoms with Crippen molar-refractivity contribution in [2.45, 2.75) is 58.8 Å². The van der Waals surface area contributed by atoms with Gasteiger partial charge in [0, 0.05) is 33.8 Å². The Morgan fingerprint density at radius 2 is 1.78 bits per heavy atom. The summed E-state index contributed by atoms with van der Waals surface area (Å²) in [5.41, 5.74) is -0.846. The summed E-state index contributed by atoms with van der Waals surface area (Å²) in [4.78, 5) is 5.09. The topological polar surface area (TPSA) is 40.6 Å². The van der Waals surface area contributed by atoms with E-state index in [0.29, 0.717) is 0 Å². The summed E-state index contributed by atoms with van der Waals surface area (Å²) >= 11 is 1.50. The van der Waals surface area contributed by atoms with Gasteiger partial charge in [-0.15, -0.1) is 0 Å². The van der Waals surface area contributed by atoms with Crippen LogP contribution in [0.25, 0.3) is 0 Å². The van der Waals surface area contributed by atoms with Crippen molar-refractivity contribution in [1.82, 2.24) is 4.98 Å². The molecule has 0 bridgehead atoms. The molecule has 1 aromatic heterocycles. The zero-order valence-corrected chi connectivity index (χ0v) is 12.7. The molecule has 2 heterocycles. The summed E-state index contributed by atoms with van der Waals surface area (Å²) < 4.78 is 18.3. The molecular weight excluding hydrogens is 249 g/mol. The molecule has 0 unspecified atom stereocenters. The van der Waals surface area contributed by atoms with Gasteiger partial charge in [0.1, 0.15) is 0 Å². The molecule has 2 rings (SSSR count). The van der Waals surface area contributed by atoms with Gasteiger partial charge in [-0.1, -0.05) is 0 Å². The molecule has 0 amide bonds. The predicted molar refractivity (Wildman–Crippen MR) is 74.1 cm³/mol. The summed E-state index contributed by atoms with van der Waals surface area (Å²) in [5.74, 6) is 0. The van der Waals surface area contributed by atoms with E-state index in [0.717, 1.165) is 4.91 Å². The van der Waals surface area contributed by atoms with Crippen molar-refractivity contribution in [2.75, 3.05) is 0 Å². The fraction of sp³-hybridized carbons (Fsp3) is 0.750. The van der Waals surface area contributed by atoms with E-state index in [1.54, 1.807) is 6.20 Å². The minimum atomic E-state index is -1.95. The van der Waals surface area contributed by atoms with E-state index in [1.807, 2.05) is 46.9 Å². The number of rotatable bonds is 3. The Bertz CT molecular complexity index is 401. The first-order valence-electron chi connectivity index (χ1n) is 6.30. The Balaban J connectivity index is 2.41. The molecule has 0 atom stereocenters. The largest absolute Gasteiger partial charge is 0.537 e. The van der Waals surface area contributed by atoms with Gasteiger partial charge in [0.2, 0.25) is 0 Å². The molecule has 1 aliphatic rings. The molecule has 6 heteroatoms. The van der Waals surface area contributed by atoms with Crippen LogP contribution in [-0.2, 0) is 14.0 Å². The Morgan fingerprint density at radius 1 is 1.22 bits per heavy atom. The first-order valence-corrected chi connectivity index (χ1v) is 7.18. The third-order valence-electron chi connectivity index (χ3n) is 3.55.